The maximum absolute atomic E-state index is 11.7. The Kier molecular flexibility index (Phi) is 7.54. The molecule has 0 aromatic rings. The Morgan fingerprint density at radius 2 is 2.00 bits per heavy atom. The molecule has 0 bridgehead atoms. The molecule has 1 N–H and O–H groups in total. The molecule has 16 heavy (non-hydrogen) atoms. The maximum atomic E-state index is 11.7. The number of carboxylic acid groups (broad SMARTS) is 1. The van der Waals surface area contributed by atoms with Crippen LogP contribution in [0.5, 0.6) is 0 Å². The number of nitrogens with zero attached hydrogens (tertiary/aromatic N) is 1. The van der Waals surface area contributed by atoms with Crippen LogP contribution in [0.15, 0.2) is 0 Å². The first-order valence-corrected chi connectivity index (χ1v) is 5.61. The summed E-state index contributed by atoms with van der Waals surface area (Å²) in [5.74, 6) is -1.14. The third kappa shape index (κ3) is 5.70. The van der Waals surface area contributed by atoms with Crippen LogP contribution in [0.25, 0.3) is 0 Å². The van der Waals surface area contributed by atoms with Gasteiger partial charge in [-0.3, -0.25) is 9.59 Å². The predicted octanol–water partition coefficient (Wildman–Crippen LogP) is 1.12. The number of carbonyl (C=O) groups is 2. The van der Waals surface area contributed by atoms with E-state index in [0.29, 0.717) is 13.2 Å². The Balaban J connectivity index is 4.26. The van der Waals surface area contributed by atoms with Crippen molar-refractivity contribution in [1.82, 2.24) is 4.90 Å². The first-order chi connectivity index (χ1) is 7.52. The zero-order valence-corrected chi connectivity index (χ0v) is 10.2. The topological polar surface area (TPSA) is 66.8 Å². The summed E-state index contributed by atoms with van der Waals surface area (Å²) in [6, 6.07) is -0.0507. The molecule has 5 heteroatoms. The molecule has 0 aliphatic carbocycles. The van der Waals surface area contributed by atoms with E-state index in [2.05, 4.69) is 0 Å². The smallest absolute Gasteiger partial charge is 0.323 e. The second kappa shape index (κ2) is 8.10. The summed E-state index contributed by atoms with van der Waals surface area (Å²) in [6.07, 6.45) is 0.985. The fraction of sp³-hybridized carbons (Fsp3) is 0.818. The second-order valence-electron chi connectivity index (χ2n) is 3.62. The van der Waals surface area contributed by atoms with E-state index in [-0.39, 0.29) is 24.9 Å². The SMILES string of the molecule is CCOCCC(=O)N(CC(=O)O)C(C)CC. The highest BCUT2D eigenvalue weighted by atomic mass is 16.5. The van der Waals surface area contributed by atoms with Gasteiger partial charge in [-0.05, 0) is 20.3 Å². The number of hydrogen-bond acceptors (Lipinski definition) is 3. The summed E-state index contributed by atoms with van der Waals surface area (Å²) in [4.78, 5) is 23.8. The number of ether oxygens (including phenoxy) is 1. The van der Waals surface area contributed by atoms with Gasteiger partial charge < -0.3 is 14.7 Å². The predicted molar refractivity (Wildman–Crippen MR) is 60.2 cm³/mol. The van der Waals surface area contributed by atoms with Gasteiger partial charge in [0, 0.05) is 12.6 Å². The lowest BCUT2D eigenvalue weighted by atomic mass is 10.2. The third-order valence-electron chi connectivity index (χ3n) is 2.41. The lowest BCUT2D eigenvalue weighted by Gasteiger charge is -2.26. The molecule has 0 radical (unpaired) electrons. The molecule has 0 aromatic carbocycles. The van der Waals surface area contributed by atoms with E-state index >= 15 is 0 Å². The summed E-state index contributed by atoms with van der Waals surface area (Å²) in [5.41, 5.74) is 0. The van der Waals surface area contributed by atoms with Gasteiger partial charge in [-0.15, -0.1) is 0 Å². The van der Waals surface area contributed by atoms with Crippen molar-refractivity contribution in [3.63, 3.8) is 0 Å². The highest BCUT2D eigenvalue weighted by Gasteiger charge is 2.20. The van der Waals surface area contributed by atoms with Gasteiger partial charge in [0.1, 0.15) is 6.54 Å². The molecule has 0 heterocycles. The van der Waals surface area contributed by atoms with Gasteiger partial charge >= 0.3 is 5.97 Å². The Bertz CT molecular complexity index is 230. The standard InChI is InChI=1S/C11H21NO4/c1-4-9(3)12(8-11(14)15)10(13)6-7-16-5-2/h9H,4-8H2,1-3H3,(H,14,15). The van der Waals surface area contributed by atoms with Crippen molar-refractivity contribution in [3.8, 4) is 0 Å². The largest absolute Gasteiger partial charge is 0.480 e. The zero-order chi connectivity index (χ0) is 12.6. The third-order valence-corrected chi connectivity index (χ3v) is 2.41. The highest BCUT2D eigenvalue weighted by molar-refractivity contribution is 5.81. The van der Waals surface area contributed by atoms with E-state index in [1.807, 2.05) is 20.8 Å². The van der Waals surface area contributed by atoms with E-state index < -0.39 is 5.97 Å². The molecule has 94 valence electrons. The van der Waals surface area contributed by atoms with Crippen molar-refractivity contribution in [2.24, 2.45) is 0 Å². The van der Waals surface area contributed by atoms with Crippen molar-refractivity contribution >= 4 is 11.9 Å². The average Bonchev–Trinajstić information content (AvgIpc) is 2.24. The van der Waals surface area contributed by atoms with Crippen molar-refractivity contribution in [1.29, 1.82) is 0 Å². The first-order valence-electron chi connectivity index (χ1n) is 5.61. The number of hydrogen-bond donors (Lipinski definition) is 1. The van der Waals surface area contributed by atoms with Crippen LogP contribution in [-0.2, 0) is 14.3 Å². The Morgan fingerprint density at radius 1 is 1.38 bits per heavy atom. The number of carboxylic acids is 1. The average molecular weight is 231 g/mol. The first kappa shape index (κ1) is 14.9. The Labute approximate surface area is 96.4 Å². The molecule has 0 aliphatic heterocycles. The lowest BCUT2D eigenvalue weighted by Crippen LogP contribution is -2.42. The van der Waals surface area contributed by atoms with Gasteiger partial charge in [0.2, 0.25) is 5.91 Å². The summed E-state index contributed by atoms with van der Waals surface area (Å²) >= 11 is 0. The van der Waals surface area contributed by atoms with E-state index in [9.17, 15) is 9.59 Å². The number of carbonyl (C=O) groups excluding carboxylic acids is 1. The second-order valence-corrected chi connectivity index (χ2v) is 3.62. The molecule has 0 fully saturated rings. The molecule has 0 aliphatic rings. The number of rotatable bonds is 8. The Hall–Kier alpha value is -1.10. The normalized spacial score (nSPS) is 12.2. The van der Waals surface area contributed by atoms with E-state index in [4.69, 9.17) is 9.84 Å². The molecule has 1 amide bonds. The van der Waals surface area contributed by atoms with E-state index in [1.54, 1.807) is 0 Å². The molecule has 0 saturated carbocycles. The summed E-state index contributed by atoms with van der Waals surface area (Å²) in [6.45, 7) is 6.31. The van der Waals surface area contributed by atoms with Crippen LogP contribution in [-0.4, -0.2) is 47.7 Å². The minimum atomic E-state index is -0.981. The minimum Gasteiger partial charge on any atom is -0.480 e. The molecule has 0 rings (SSSR count). The number of amides is 1. The summed E-state index contributed by atoms with van der Waals surface area (Å²) < 4.78 is 5.08. The molecule has 0 aromatic heterocycles. The monoisotopic (exact) mass is 231 g/mol. The number of aliphatic carboxylic acids is 1. The zero-order valence-electron chi connectivity index (χ0n) is 10.2. The van der Waals surface area contributed by atoms with Crippen LogP contribution in [0.3, 0.4) is 0 Å². The van der Waals surface area contributed by atoms with Gasteiger partial charge in [-0.25, -0.2) is 0 Å². The lowest BCUT2D eigenvalue weighted by molar-refractivity contribution is -0.146. The fourth-order valence-corrected chi connectivity index (χ4v) is 1.30. The fourth-order valence-electron chi connectivity index (χ4n) is 1.30. The van der Waals surface area contributed by atoms with Crippen molar-refractivity contribution in [2.45, 2.75) is 39.7 Å². The van der Waals surface area contributed by atoms with Crippen LogP contribution in [0.1, 0.15) is 33.6 Å². The molecule has 0 spiro atoms. The van der Waals surface area contributed by atoms with Gasteiger partial charge in [-0.2, -0.15) is 0 Å². The van der Waals surface area contributed by atoms with Gasteiger partial charge in [0.25, 0.3) is 0 Å². The van der Waals surface area contributed by atoms with Gasteiger partial charge in [0.15, 0.2) is 0 Å². The molecule has 5 nitrogen and oxygen atoms in total. The minimum absolute atomic E-state index is 0.0507. The van der Waals surface area contributed by atoms with Crippen LogP contribution in [0.4, 0.5) is 0 Å². The van der Waals surface area contributed by atoms with Crippen LogP contribution >= 0.6 is 0 Å². The molecule has 1 unspecified atom stereocenters. The van der Waals surface area contributed by atoms with Crippen LogP contribution in [0, 0.1) is 0 Å². The van der Waals surface area contributed by atoms with Crippen molar-refractivity contribution in [3.05, 3.63) is 0 Å². The van der Waals surface area contributed by atoms with E-state index in [1.165, 1.54) is 4.90 Å². The van der Waals surface area contributed by atoms with Crippen LogP contribution < -0.4 is 0 Å². The molecular weight excluding hydrogens is 210 g/mol. The summed E-state index contributed by atoms with van der Waals surface area (Å²) in [5, 5.41) is 8.72. The quantitative estimate of drug-likeness (QED) is 0.636. The van der Waals surface area contributed by atoms with Crippen LogP contribution in [0.2, 0.25) is 0 Å². The Morgan fingerprint density at radius 3 is 2.44 bits per heavy atom. The van der Waals surface area contributed by atoms with Crippen molar-refractivity contribution < 1.29 is 19.4 Å². The van der Waals surface area contributed by atoms with Crippen molar-refractivity contribution in [2.75, 3.05) is 19.8 Å². The molecular formula is C11H21NO4. The molecule has 0 saturated heterocycles. The summed E-state index contributed by atoms with van der Waals surface area (Å²) in [7, 11) is 0. The maximum Gasteiger partial charge on any atom is 0.323 e. The molecule has 1 atom stereocenters. The van der Waals surface area contributed by atoms with Gasteiger partial charge in [0.05, 0.1) is 13.0 Å². The van der Waals surface area contributed by atoms with Gasteiger partial charge in [-0.1, -0.05) is 6.92 Å². The highest BCUT2D eigenvalue weighted by Crippen LogP contribution is 2.06. The van der Waals surface area contributed by atoms with E-state index in [0.717, 1.165) is 6.42 Å².